The van der Waals surface area contributed by atoms with Crippen molar-refractivity contribution in [2.75, 3.05) is 33.2 Å². The molecule has 2 rings (SSSR count). The van der Waals surface area contributed by atoms with E-state index in [9.17, 15) is 0 Å². The van der Waals surface area contributed by atoms with Gasteiger partial charge in [0.1, 0.15) is 0 Å². The Bertz CT molecular complexity index is 503. The first-order valence-corrected chi connectivity index (χ1v) is 9.50. The topological polar surface area (TPSA) is 52.6 Å². The Labute approximate surface area is 144 Å². The Morgan fingerprint density at radius 2 is 2.04 bits per heavy atom. The molecule has 2 N–H and O–H groups in total. The van der Waals surface area contributed by atoms with Crippen LogP contribution in [-0.4, -0.2) is 49.1 Å². The van der Waals surface area contributed by atoms with Crippen LogP contribution in [0.15, 0.2) is 4.99 Å². The van der Waals surface area contributed by atoms with Crippen molar-refractivity contribution in [2.45, 2.75) is 46.6 Å². The fourth-order valence-electron chi connectivity index (χ4n) is 2.92. The van der Waals surface area contributed by atoms with E-state index in [0.29, 0.717) is 0 Å². The van der Waals surface area contributed by atoms with Gasteiger partial charge in [0, 0.05) is 18.5 Å². The largest absolute Gasteiger partial charge is 0.356 e. The van der Waals surface area contributed by atoms with E-state index < -0.39 is 0 Å². The minimum absolute atomic E-state index is 0.793. The minimum atomic E-state index is 0.793. The van der Waals surface area contributed by atoms with Gasteiger partial charge in [0.2, 0.25) is 0 Å². The van der Waals surface area contributed by atoms with E-state index in [1.54, 1.807) is 11.3 Å². The maximum atomic E-state index is 4.46. The molecule has 0 radical (unpaired) electrons. The molecule has 0 aromatic carbocycles. The van der Waals surface area contributed by atoms with Crippen molar-refractivity contribution >= 4 is 17.3 Å². The molecule has 1 aromatic heterocycles. The second-order valence-corrected chi connectivity index (χ2v) is 7.76. The standard InChI is InChI=1S/C17H31N5S/c1-13-6-10-22(11-7-13)9-5-8-19-17(18-4)20-12-16-14(2)21-15(3)23-16/h13H,5-12H2,1-4H3,(H2,18,19,20). The van der Waals surface area contributed by atoms with Crippen LogP contribution >= 0.6 is 11.3 Å². The van der Waals surface area contributed by atoms with Crippen molar-refractivity contribution in [3.8, 4) is 0 Å². The molecule has 1 fully saturated rings. The molecule has 2 heterocycles. The van der Waals surface area contributed by atoms with Crippen LogP contribution in [0.25, 0.3) is 0 Å². The number of piperidine rings is 1. The number of aromatic nitrogens is 1. The molecule has 1 aromatic rings. The molecule has 130 valence electrons. The average Bonchev–Trinajstić information content (AvgIpc) is 2.86. The zero-order chi connectivity index (χ0) is 16.7. The highest BCUT2D eigenvalue weighted by Crippen LogP contribution is 2.17. The number of likely N-dealkylation sites (tertiary alicyclic amines) is 1. The number of nitrogens with zero attached hydrogens (tertiary/aromatic N) is 3. The molecule has 1 saturated heterocycles. The summed E-state index contributed by atoms with van der Waals surface area (Å²) in [6.45, 7) is 11.9. The third-order valence-corrected chi connectivity index (χ3v) is 5.53. The third-order valence-electron chi connectivity index (χ3n) is 4.46. The molecule has 0 bridgehead atoms. The summed E-state index contributed by atoms with van der Waals surface area (Å²) >= 11 is 1.75. The molecule has 5 nitrogen and oxygen atoms in total. The smallest absolute Gasteiger partial charge is 0.191 e. The third kappa shape index (κ3) is 6.11. The maximum Gasteiger partial charge on any atom is 0.191 e. The quantitative estimate of drug-likeness (QED) is 0.476. The van der Waals surface area contributed by atoms with Crippen LogP contribution in [0.1, 0.15) is 41.8 Å². The van der Waals surface area contributed by atoms with Gasteiger partial charge in [0.25, 0.3) is 0 Å². The molecule has 0 atom stereocenters. The van der Waals surface area contributed by atoms with Crippen molar-refractivity contribution in [3.63, 3.8) is 0 Å². The second kappa shape index (κ2) is 9.23. The van der Waals surface area contributed by atoms with Gasteiger partial charge in [0.15, 0.2) is 5.96 Å². The van der Waals surface area contributed by atoms with Crippen LogP contribution in [-0.2, 0) is 6.54 Å². The molecule has 1 aliphatic rings. The van der Waals surface area contributed by atoms with Crippen molar-refractivity contribution in [3.05, 3.63) is 15.6 Å². The number of guanidine groups is 1. The molecule has 0 amide bonds. The fourth-order valence-corrected chi connectivity index (χ4v) is 3.79. The summed E-state index contributed by atoms with van der Waals surface area (Å²) in [5.74, 6) is 1.79. The first-order chi connectivity index (χ1) is 11.1. The van der Waals surface area contributed by atoms with E-state index in [0.717, 1.165) is 42.1 Å². The molecular weight excluding hydrogens is 306 g/mol. The molecule has 1 aliphatic heterocycles. The number of hydrogen-bond acceptors (Lipinski definition) is 4. The molecule has 6 heteroatoms. The first kappa shape index (κ1) is 18.2. The van der Waals surface area contributed by atoms with E-state index in [4.69, 9.17) is 0 Å². The van der Waals surface area contributed by atoms with Gasteiger partial charge in [-0.3, -0.25) is 4.99 Å². The van der Waals surface area contributed by atoms with E-state index in [1.165, 1.54) is 37.4 Å². The number of aliphatic imine (C=N–C) groups is 1. The van der Waals surface area contributed by atoms with E-state index in [-0.39, 0.29) is 0 Å². The van der Waals surface area contributed by atoms with Gasteiger partial charge in [-0.05, 0) is 58.7 Å². The lowest BCUT2D eigenvalue weighted by Gasteiger charge is -2.30. The van der Waals surface area contributed by atoms with Gasteiger partial charge in [-0.25, -0.2) is 4.98 Å². The summed E-state index contributed by atoms with van der Waals surface area (Å²) in [6, 6.07) is 0. The van der Waals surface area contributed by atoms with Gasteiger partial charge >= 0.3 is 0 Å². The Kier molecular flexibility index (Phi) is 7.30. The van der Waals surface area contributed by atoms with Crippen LogP contribution in [0.4, 0.5) is 0 Å². The Hall–Kier alpha value is -1.14. The van der Waals surface area contributed by atoms with Crippen molar-refractivity contribution in [1.82, 2.24) is 20.5 Å². The normalized spacial score (nSPS) is 17.5. The zero-order valence-corrected chi connectivity index (χ0v) is 15.8. The predicted molar refractivity (Wildman–Crippen MR) is 99.2 cm³/mol. The van der Waals surface area contributed by atoms with Crippen LogP contribution in [0.5, 0.6) is 0 Å². The van der Waals surface area contributed by atoms with E-state index in [1.807, 2.05) is 7.05 Å². The summed E-state index contributed by atoms with van der Waals surface area (Å²) in [7, 11) is 1.83. The predicted octanol–water partition coefficient (Wildman–Crippen LogP) is 2.55. The number of aryl methyl sites for hydroxylation is 2. The highest BCUT2D eigenvalue weighted by atomic mass is 32.1. The SMILES string of the molecule is CN=C(NCCCN1CCC(C)CC1)NCc1sc(C)nc1C. The lowest BCUT2D eigenvalue weighted by Crippen LogP contribution is -2.39. The monoisotopic (exact) mass is 337 g/mol. The molecule has 0 aliphatic carbocycles. The highest BCUT2D eigenvalue weighted by molar-refractivity contribution is 7.11. The van der Waals surface area contributed by atoms with Crippen LogP contribution in [0, 0.1) is 19.8 Å². The molecule has 0 saturated carbocycles. The van der Waals surface area contributed by atoms with Crippen LogP contribution in [0.3, 0.4) is 0 Å². The average molecular weight is 338 g/mol. The Morgan fingerprint density at radius 3 is 2.65 bits per heavy atom. The van der Waals surface area contributed by atoms with Gasteiger partial charge in [0.05, 0.1) is 17.2 Å². The summed E-state index contributed by atoms with van der Waals surface area (Å²) in [5.41, 5.74) is 1.12. The lowest BCUT2D eigenvalue weighted by atomic mass is 9.99. The summed E-state index contributed by atoms with van der Waals surface area (Å²) in [5, 5.41) is 7.91. The highest BCUT2D eigenvalue weighted by Gasteiger charge is 2.14. The molecule has 0 spiro atoms. The van der Waals surface area contributed by atoms with E-state index >= 15 is 0 Å². The second-order valence-electron chi connectivity index (χ2n) is 6.47. The zero-order valence-electron chi connectivity index (χ0n) is 15.0. The summed E-state index contributed by atoms with van der Waals surface area (Å²) in [6.07, 6.45) is 3.86. The maximum absolute atomic E-state index is 4.46. The number of rotatable bonds is 6. The molecule has 0 unspecified atom stereocenters. The molecular formula is C17H31N5S. The van der Waals surface area contributed by atoms with Gasteiger partial charge in [-0.2, -0.15) is 0 Å². The van der Waals surface area contributed by atoms with Crippen molar-refractivity contribution in [2.24, 2.45) is 10.9 Å². The van der Waals surface area contributed by atoms with Crippen LogP contribution < -0.4 is 10.6 Å². The van der Waals surface area contributed by atoms with E-state index in [2.05, 4.69) is 46.3 Å². The fraction of sp³-hybridized carbons (Fsp3) is 0.765. The minimum Gasteiger partial charge on any atom is -0.356 e. The van der Waals surface area contributed by atoms with Gasteiger partial charge in [-0.1, -0.05) is 6.92 Å². The van der Waals surface area contributed by atoms with Gasteiger partial charge in [-0.15, -0.1) is 11.3 Å². The first-order valence-electron chi connectivity index (χ1n) is 8.68. The van der Waals surface area contributed by atoms with Crippen LogP contribution in [0.2, 0.25) is 0 Å². The van der Waals surface area contributed by atoms with Crippen molar-refractivity contribution < 1.29 is 0 Å². The van der Waals surface area contributed by atoms with Gasteiger partial charge < -0.3 is 15.5 Å². The lowest BCUT2D eigenvalue weighted by molar-refractivity contribution is 0.191. The molecule has 23 heavy (non-hydrogen) atoms. The Morgan fingerprint density at radius 1 is 1.30 bits per heavy atom. The van der Waals surface area contributed by atoms with Crippen molar-refractivity contribution in [1.29, 1.82) is 0 Å². The number of nitrogens with one attached hydrogen (secondary N) is 2. The number of hydrogen-bond donors (Lipinski definition) is 2. The Balaban J connectivity index is 1.62. The number of thiazole rings is 1. The summed E-state index contributed by atoms with van der Waals surface area (Å²) < 4.78 is 0. The summed E-state index contributed by atoms with van der Waals surface area (Å²) in [4.78, 5) is 12.6.